The Labute approximate surface area is 115 Å². The van der Waals surface area contributed by atoms with Gasteiger partial charge in [-0.3, -0.25) is 9.59 Å². The molecule has 0 bridgehead atoms. The van der Waals surface area contributed by atoms with Gasteiger partial charge in [-0.1, -0.05) is 26.0 Å². The molecule has 1 aromatic heterocycles. The molecule has 0 aliphatic rings. The highest BCUT2D eigenvalue weighted by Crippen LogP contribution is 2.19. The zero-order valence-corrected chi connectivity index (χ0v) is 11.4. The summed E-state index contributed by atoms with van der Waals surface area (Å²) < 4.78 is 1.41. The molecule has 0 atom stereocenters. The van der Waals surface area contributed by atoms with E-state index in [0.717, 1.165) is 17.3 Å². The third-order valence-electron chi connectivity index (χ3n) is 3.37. The van der Waals surface area contributed by atoms with Crippen LogP contribution in [0.5, 0.6) is 0 Å². The average molecular weight is 269 g/mol. The van der Waals surface area contributed by atoms with Gasteiger partial charge in [0.05, 0.1) is 5.52 Å². The fourth-order valence-corrected chi connectivity index (χ4v) is 2.40. The first-order valence-corrected chi connectivity index (χ1v) is 6.55. The monoisotopic (exact) mass is 269 g/mol. The molecule has 0 saturated heterocycles. The predicted octanol–water partition coefficient (Wildman–Crippen LogP) is 1.40. The lowest BCUT2D eigenvalue weighted by Gasteiger charge is -2.05. The summed E-state index contributed by atoms with van der Waals surface area (Å²) in [5.41, 5.74) is 6.53. The Bertz CT molecular complexity index is 867. The first-order chi connectivity index (χ1) is 9.47. The van der Waals surface area contributed by atoms with Gasteiger partial charge in [0.25, 0.3) is 10.9 Å². The van der Waals surface area contributed by atoms with E-state index in [4.69, 9.17) is 5.73 Å². The lowest BCUT2D eigenvalue weighted by molar-refractivity contribution is 0.647. The highest BCUT2D eigenvalue weighted by molar-refractivity contribution is 5.80. The molecule has 20 heavy (non-hydrogen) atoms. The zero-order valence-electron chi connectivity index (χ0n) is 11.4. The van der Waals surface area contributed by atoms with Crippen LogP contribution in [0.1, 0.15) is 19.4 Å². The topological polar surface area (TPSA) is 78.0 Å². The van der Waals surface area contributed by atoms with Gasteiger partial charge in [-0.05, 0) is 24.0 Å². The van der Waals surface area contributed by atoms with Crippen LogP contribution < -0.4 is 16.6 Å². The van der Waals surface area contributed by atoms with E-state index in [-0.39, 0.29) is 11.4 Å². The molecule has 0 aliphatic heterocycles. The van der Waals surface area contributed by atoms with E-state index >= 15 is 0 Å². The number of nitrogen functional groups attached to an aromatic ring is 1. The second kappa shape index (κ2) is 4.30. The average Bonchev–Trinajstić information content (AvgIpc) is 2.80. The molecule has 3 aromatic rings. The third kappa shape index (κ3) is 1.82. The van der Waals surface area contributed by atoms with Gasteiger partial charge in [0.15, 0.2) is 0 Å². The van der Waals surface area contributed by atoms with Gasteiger partial charge in [0.1, 0.15) is 11.4 Å². The Morgan fingerprint density at radius 2 is 2.00 bits per heavy atom. The normalized spacial score (nSPS) is 11.8. The van der Waals surface area contributed by atoms with Gasteiger partial charge in [0.2, 0.25) is 0 Å². The minimum absolute atomic E-state index is 0.00906. The lowest BCUT2D eigenvalue weighted by Crippen LogP contribution is -2.38. The number of hydrogen-bond donors (Lipinski definition) is 1. The van der Waals surface area contributed by atoms with Crippen LogP contribution >= 0.6 is 0 Å². The summed E-state index contributed by atoms with van der Waals surface area (Å²) in [6, 6.07) is 6.03. The Morgan fingerprint density at radius 3 is 2.65 bits per heavy atom. The van der Waals surface area contributed by atoms with Crippen LogP contribution in [0.25, 0.3) is 16.6 Å². The van der Waals surface area contributed by atoms with Gasteiger partial charge in [-0.15, -0.1) is 0 Å². The Balaban J connectivity index is 2.08. The number of nitrogens with zero attached hydrogens (tertiary/aromatic N) is 2. The zero-order chi connectivity index (χ0) is 14.4. The van der Waals surface area contributed by atoms with E-state index < -0.39 is 10.9 Å². The van der Waals surface area contributed by atoms with Gasteiger partial charge < -0.3 is 5.73 Å². The highest BCUT2D eigenvalue weighted by atomic mass is 16.2. The van der Waals surface area contributed by atoms with Crippen molar-refractivity contribution in [1.29, 1.82) is 0 Å². The standard InChI is InChI=1S/C15H15N3O2/c1-8(2)5-9-3-4-10-7-18(17-11(10)6-9)13-12(16)14(19)15(13)20/h3-4,6-8H,5,16H2,1-2H3. The number of anilines is 1. The minimum Gasteiger partial charge on any atom is -0.394 e. The van der Waals surface area contributed by atoms with Crippen LogP contribution in [0.3, 0.4) is 0 Å². The summed E-state index contributed by atoms with van der Waals surface area (Å²) in [4.78, 5) is 22.7. The minimum atomic E-state index is -0.625. The van der Waals surface area contributed by atoms with Crippen molar-refractivity contribution in [3.05, 3.63) is 50.4 Å². The summed E-state index contributed by atoms with van der Waals surface area (Å²) in [6.45, 7) is 4.32. The maximum absolute atomic E-state index is 11.5. The van der Waals surface area contributed by atoms with Crippen molar-refractivity contribution in [2.75, 3.05) is 5.73 Å². The van der Waals surface area contributed by atoms with Gasteiger partial charge in [0, 0.05) is 11.6 Å². The number of benzene rings is 1. The van der Waals surface area contributed by atoms with Crippen LogP contribution in [-0.4, -0.2) is 9.78 Å². The second-order valence-electron chi connectivity index (χ2n) is 5.49. The molecule has 0 spiro atoms. The second-order valence-corrected chi connectivity index (χ2v) is 5.49. The van der Waals surface area contributed by atoms with E-state index in [1.807, 2.05) is 12.1 Å². The Hall–Kier alpha value is -2.43. The number of fused-ring (bicyclic) bond motifs is 1. The maximum atomic E-state index is 11.5. The molecular weight excluding hydrogens is 254 g/mol. The summed E-state index contributed by atoms with van der Waals surface area (Å²) in [5, 5.41) is 5.26. The summed E-state index contributed by atoms with van der Waals surface area (Å²) in [6.07, 6.45) is 2.70. The quantitative estimate of drug-likeness (QED) is 0.729. The van der Waals surface area contributed by atoms with E-state index in [1.54, 1.807) is 6.20 Å². The van der Waals surface area contributed by atoms with Crippen LogP contribution in [0.4, 0.5) is 5.69 Å². The van der Waals surface area contributed by atoms with Crippen molar-refractivity contribution < 1.29 is 0 Å². The molecule has 2 aromatic carbocycles. The summed E-state index contributed by atoms with van der Waals surface area (Å²) >= 11 is 0. The van der Waals surface area contributed by atoms with E-state index in [1.165, 1.54) is 10.2 Å². The number of nitrogens with two attached hydrogens (primary N) is 1. The molecule has 2 N–H and O–H groups in total. The van der Waals surface area contributed by atoms with Gasteiger partial charge in [-0.25, -0.2) is 4.68 Å². The van der Waals surface area contributed by atoms with Crippen molar-refractivity contribution >= 4 is 16.6 Å². The van der Waals surface area contributed by atoms with Crippen molar-refractivity contribution in [2.45, 2.75) is 20.3 Å². The van der Waals surface area contributed by atoms with Crippen LogP contribution in [0.2, 0.25) is 0 Å². The molecule has 3 rings (SSSR count). The largest absolute Gasteiger partial charge is 0.394 e. The number of rotatable bonds is 3. The molecule has 0 saturated carbocycles. The molecular formula is C15H15N3O2. The molecule has 5 heteroatoms. The fraction of sp³-hybridized carbons (Fsp3) is 0.267. The highest BCUT2D eigenvalue weighted by Gasteiger charge is 2.20. The Morgan fingerprint density at radius 1 is 1.25 bits per heavy atom. The third-order valence-corrected chi connectivity index (χ3v) is 3.37. The molecule has 0 radical (unpaired) electrons. The molecule has 0 unspecified atom stereocenters. The van der Waals surface area contributed by atoms with Crippen LogP contribution in [-0.2, 0) is 6.42 Å². The van der Waals surface area contributed by atoms with Crippen molar-refractivity contribution in [2.24, 2.45) is 5.92 Å². The van der Waals surface area contributed by atoms with Crippen molar-refractivity contribution in [3.63, 3.8) is 0 Å². The fourth-order valence-electron chi connectivity index (χ4n) is 2.40. The smallest absolute Gasteiger partial charge is 0.255 e. The molecule has 1 heterocycles. The van der Waals surface area contributed by atoms with Crippen molar-refractivity contribution in [3.8, 4) is 5.69 Å². The summed E-state index contributed by atoms with van der Waals surface area (Å²) in [5.74, 6) is 0.568. The number of aromatic nitrogens is 2. The molecule has 0 amide bonds. The van der Waals surface area contributed by atoms with Gasteiger partial charge >= 0.3 is 0 Å². The van der Waals surface area contributed by atoms with E-state index in [0.29, 0.717) is 5.92 Å². The first-order valence-electron chi connectivity index (χ1n) is 6.55. The molecule has 0 fully saturated rings. The van der Waals surface area contributed by atoms with Crippen LogP contribution in [0, 0.1) is 5.92 Å². The van der Waals surface area contributed by atoms with Gasteiger partial charge in [-0.2, -0.15) is 5.10 Å². The first kappa shape index (κ1) is 12.6. The Kier molecular flexibility index (Phi) is 2.71. The molecule has 5 nitrogen and oxygen atoms in total. The molecule has 102 valence electrons. The van der Waals surface area contributed by atoms with Crippen molar-refractivity contribution in [1.82, 2.24) is 9.78 Å². The van der Waals surface area contributed by atoms with E-state index in [9.17, 15) is 9.59 Å². The maximum Gasteiger partial charge on any atom is 0.255 e. The van der Waals surface area contributed by atoms with E-state index in [2.05, 4.69) is 25.0 Å². The SMILES string of the molecule is CC(C)Cc1ccc2cn(-c3c(N)c(=O)c3=O)nc2c1. The van der Waals surface area contributed by atoms with Crippen LogP contribution in [0.15, 0.2) is 34.0 Å². The lowest BCUT2D eigenvalue weighted by atomic mass is 10.0. The summed E-state index contributed by atoms with van der Waals surface area (Å²) in [7, 11) is 0. The number of hydrogen-bond acceptors (Lipinski definition) is 4. The predicted molar refractivity (Wildman–Crippen MR) is 78.9 cm³/mol. The molecule has 0 aliphatic carbocycles.